The highest BCUT2D eigenvalue weighted by molar-refractivity contribution is 5.97. The molecule has 12 rings (SSSR count). The Hall–Kier alpha value is -11.1. The summed E-state index contributed by atoms with van der Waals surface area (Å²) in [6, 6.07) is 71.4. The molecule has 0 fully saturated rings. The molecule has 0 atom stereocenters. The van der Waals surface area contributed by atoms with Gasteiger partial charge in [0.2, 0.25) is 0 Å². The number of rotatable bonds is 23. The molecule has 0 spiro atoms. The van der Waals surface area contributed by atoms with Crippen LogP contribution in [0, 0.1) is 0 Å². The highest BCUT2D eigenvalue weighted by Crippen LogP contribution is 2.40. The lowest BCUT2D eigenvalue weighted by atomic mass is 9.93. The molecule has 0 bridgehead atoms. The van der Waals surface area contributed by atoms with Crippen LogP contribution in [0.5, 0.6) is 0 Å². The SMILES string of the molecule is COC(=O)CCc1c(-c2ccccc2)n[nH]c1-c1cccc(-c2[nH]nc(-c3ccc(-c4ccc(-c5n[nH]c(-c6cccc(-c7[nH]nc(-c8ccccc8)c7CCC(=O)c7ccccc7)c6)c5CCC(=O)c5ccccc5)cc4)cc3)c2CCC(=O)OC)c1. The van der Waals surface area contributed by atoms with E-state index in [0.29, 0.717) is 48.9 Å². The summed E-state index contributed by atoms with van der Waals surface area (Å²) in [5.41, 5.74) is 20.3. The predicted molar refractivity (Wildman–Crippen MR) is 343 cm³/mol. The number of aromatic nitrogens is 8. The first-order valence-electron chi connectivity index (χ1n) is 29.3. The molecular weight excluding hydrogens is 1100 g/mol. The molecule has 0 aliphatic carbocycles. The van der Waals surface area contributed by atoms with Gasteiger partial charge in [0.05, 0.1) is 59.8 Å². The Labute approximate surface area is 509 Å². The first-order valence-corrected chi connectivity index (χ1v) is 29.3. The maximum absolute atomic E-state index is 13.8. The molecule has 0 unspecified atom stereocenters. The van der Waals surface area contributed by atoms with E-state index in [4.69, 9.17) is 29.9 Å². The van der Waals surface area contributed by atoms with Crippen LogP contribution in [0.3, 0.4) is 0 Å². The van der Waals surface area contributed by atoms with Gasteiger partial charge in [-0.1, -0.05) is 206 Å². The number of H-pyrrole nitrogens is 4. The second-order valence-corrected chi connectivity index (χ2v) is 21.5. The summed E-state index contributed by atoms with van der Waals surface area (Å²) in [5.74, 6) is -0.542. The standard InChI is InChI=1S/C74H62N8O6/c1-87-65(85)43-39-61-68(52-23-13-6-14-24-52)76-81-73(61)57-27-16-28-58(46-57)74-62(40-44-66(86)88-2)70(78-82-74)54-35-31-48(32-36-54)47-29-33-53(34-30-47)69-60(38-42-64(84)50-19-9-4-10-20-50)72(80-77-69)56-26-15-25-55(45-56)71-59(37-41-63(83)49-17-7-3-8-18-49)67(75-79-71)51-21-11-5-12-22-51/h3-36,45-46H,37-44H2,1-2H3,(H,75,79)(H,76,81)(H,77,80)(H,78,82). The monoisotopic (exact) mass is 1160 g/mol. The fraction of sp³-hybridized carbons (Fsp3) is 0.135. The Kier molecular flexibility index (Phi) is 17.2. The van der Waals surface area contributed by atoms with E-state index < -0.39 is 0 Å². The maximum Gasteiger partial charge on any atom is 0.305 e. The number of aromatic amines is 4. The summed E-state index contributed by atoms with van der Waals surface area (Å²) in [4.78, 5) is 52.3. The third-order valence-corrected chi connectivity index (χ3v) is 16.1. The highest BCUT2D eigenvalue weighted by Gasteiger charge is 2.25. The van der Waals surface area contributed by atoms with Crippen molar-refractivity contribution in [1.82, 2.24) is 40.8 Å². The highest BCUT2D eigenvalue weighted by atomic mass is 16.5. The normalized spacial score (nSPS) is 11.2. The van der Waals surface area contributed by atoms with Crippen LogP contribution in [-0.2, 0) is 44.7 Å². The number of esters is 2. The third-order valence-electron chi connectivity index (χ3n) is 16.1. The van der Waals surface area contributed by atoms with Crippen LogP contribution < -0.4 is 0 Å². The minimum absolute atomic E-state index is 0.0365. The van der Waals surface area contributed by atoms with E-state index in [1.165, 1.54) is 14.2 Å². The van der Waals surface area contributed by atoms with Crippen molar-refractivity contribution in [3.05, 3.63) is 252 Å². The Morgan fingerprint density at radius 3 is 0.841 bits per heavy atom. The van der Waals surface area contributed by atoms with Crippen molar-refractivity contribution in [3.63, 3.8) is 0 Å². The van der Waals surface area contributed by atoms with Gasteiger partial charge in [0, 0.05) is 104 Å². The second-order valence-electron chi connectivity index (χ2n) is 21.5. The van der Waals surface area contributed by atoms with Crippen LogP contribution in [-0.4, -0.2) is 78.5 Å². The Bertz CT molecular complexity index is 4420. The summed E-state index contributed by atoms with van der Waals surface area (Å²) in [7, 11) is 2.78. The van der Waals surface area contributed by atoms with Crippen LogP contribution >= 0.6 is 0 Å². The molecular formula is C74H62N8O6. The molecule has 88 heavy (non-hydrogen) atoms. The average Bonchev–Trinajstić information content (AvgIpc) is 3.59. The van der Waals surface area contributed by atoms with E-state index in [0.717, 1.165) is 118 Å². The number of hydrogen-bond acceptors (Lipinski definition) is 10. The van der Waals surface area contributed by atoms with Gasteiger partial charge in [-0.15, -0.1) is 0 Å². The van der Waals surface area contributed by atoms with Crippen molar-refractivity contribution in [2.45, 2.75) is 51.4 Å². The Morgan fingerprint density at radius 2 is 0.545 bits per heavy atom. The van der Waals surface area contributed by atoms with Gasteiger partial charge in [-0.3, -0.25) is 39.6 Å². The molecule has 0 saturated heterocycles. The van der Waals surface area contributed by atoms with Gasteiger partial charge in [0.25, 0.3) is 0 Å². The summed E-state index contributed by atoms with van der Waals surface area (Å²) in [5, 5.41) is 32.7. The first-order chi connectivity index (χ1) is 43.2. The molecule has 0 aliphatic heterocycles. The third kappa shape index (κ3) is 12.5. The molecule has 14 heteroatoms. The van der Waals surface area contributed by atoms with E-state index in [-0.39, 0.29) is 42.8 Å². The van der Waals surface area contributed by atoms with Gasteiger partial charge in [-0.2, -0.15) is 20.4 Å². The zero-order valence-corrected chi connectivity index (χ0v) is 48.7. The van der Waals surface area contributed by atoms with Crippen molar-refractivity contribution in [2.24, 2.45) is 0 Å². The van der Waals surface area contributed by atoms with Gasteiger partial charge in [-0.25, -0.2) is 0 Å². The van der Waals surface area contributed by atoms with Crippen LogP contribution in [0.4, 0.5) is 0 Å². The fourth-order valence-corrected chi connectivity index (χ4v) is 11.5. The molecule has 14 nitrogen and oxygen atoms in total. The molecule has 4 N–H and O–H groups in total. The molecule has 434 valence electrons. The van der Waals surface area contributed by atoms with Crippen LogP contribution in [0.25, 0.3) is 101 Å². The van der Waals surface area contributed by atoms with Crippen LogP contribution in [0.2, 0.25) is 0 Å². The number of carbonyl (C=O) groups is 4. The number of ketones is 2. The number of Topliss-reactive ketones (excluding diaryl/α,β-unsaturated/α-hetero) is 2. The zero-order valence-electron chi connectivity index (χ0n) is 48.7. The molecule has 0 saturated carbocycles. The minimum atomic E-state index is -0.331. The smallest absolute Gasteiger partial charge is 0.305 e. The number of nitrogens with one attached hydrogen (secondary N) is 4. The number of ether oxygens (including phenoxy) is 2. The number of nitrogens with zero attached hydrogens (tertiary/aromatic N) is 4. The molecule has 0 amide bonds. The van der Waals surface area contributed by atoms with Crippen molar-refractivity contribution in [2.75, 3.05) is 14.2 Å². The number of benzene rings is 8. The van der Waals surface area contributed by atoms with Gasteiger partial charge in [-0.05, 0) is 48.9 Å². The Balaban J connectivity index is 0.834. The summed E-state index contributed by atoms with van der Waals surface area (Å²) in [6.45, 7) is 0. The van der Waals surface area contributed by atoms with Gasteiger partial charge in [0.15, 0.2) is 11.6 Å². The average molecular weight is 1160 g/mol. The van der Waals surface area contributed by atoms with E-state index in [1.807, 2.05) is 170 Å². The molecule has 4 aromatic heterocycles. The lowest BCUT2D eigenvalue weighted by molar-refractivity contribution is -0.141. The molecule has 0 aliphatic rings. The van der Waals surface area contributed by atoms with Crippen LogP contribution in [0.15, 0.2) is 218 Å². The second kappa shape index (κ2) is 26.4. The van der Waals surface area contributed by atoms with Crippen molar-refractivity contribution in [3.8, 4) is 101 Å². The van der Waals surface area contributed by atoms with Crippen molar-refractivity contribution >= 4 is 23.5 Å². The lowest BCUT2D eigenvalue weighted by Crippen LogP contribution is -2.03. The van der Waals surface area contributed by atoms with Crippen molar-refractivity contribution in [1.29, 1.82) is 0 Å². The predicted octanol–water partition coefficient (Wildman–Crippen LogP) is 15.4. The molecule has 8 aromatic carbocycles. The molecule has 4 heterocycles. The topological polar surface area (TPSA) is 201 Å². The Morgan fingerprint density at radius 1 is 0.295 bits per heavy atom. The number of methoxy groups -OCH3 is 2. The maximum atomic E-state index is 13.8. The van der Waals surface area contributed by atoms with E-state index in [9.17, 15) is 19.2 Å². The van der Waals surface area contributed by atoms with Crippen molar-refractivity contribution < 1.29 is 28.7 Å². The fourth-order valence-electron chi connectivity index (χ4n) is 11.5. The summed E-state index contributed by atoms with van der Waals surface area (Å²) >= 11 is 0. The molecule has 12 aromatic rings. The van der Waals surface area contributed by atoms with Gasteiger partial charge < -0.3 is 9.47 Å². The summed E-state index contributed by atoms with van der Waals surface area (Å²) < 4.78 is 10.1. The van der Waals surface area contributed by atoms with E-state index in [2.05, 4.69) is 68.9 Å². The molecule has 0 radical (unpaired) electrons. The largest absolute Gasteiger partial charge is 0.469 e. The first kappa shape index (κ1) is 57.3. The lowest BCUT2D eigenvalue weighted by Gasteiger charge is -2.11. The van der Waals surface area contributed by atoms with E-state index in [1.54, 1.807) is 0 Å². The van der Waals surface area contributed by atoms with Gasteiger partial charge >= 0.3 is 11.9 Å². The summed E-state index contributed by atoms with van der Waals surface area (Å²) in [6.07, 6.45) is 2.61. The zero-order chi connectivity index (χ0) is 60.3. The van der Waals surface area contributed by atoms with Gasteiger partial charge in [0.1, 0.15) is 0 Å². The quantitative estimate of drug-likeness (QED) is 0.0353. The van der Waals surface area contributed by atoms with E-state index >= 15 is 0 Å². The number of carbonyl (C=O) groups excluding carboxylic acids is 4. The number of hydrogen-bond donors (Lipinski definition) is 4. The van der Waals surface area contributed by atoms with Crippen LogP contribution in [0.1, 0.15) is 68.7 Å². The minimum Gasteiger partial charge on any atom is -0.469 e.